The van der Waals surface area contributed by atoms with E-state index in [2.05, 4.69) is 20.2 Å². The van der Waals surface area contributed by atoms with Crippen LogP contribution in [-0.2, 0) is 9.53 Å². The molecule has 3 rings (SSSR count). The molecule has 1 aromatic rings. The van der Waals surface area contributed by atoms with E-state index >= 15 is 0 Å². The summed E-state index contributed by atoms with van der Waals surface area (Å²) in [7, 11) is 1.61. The van der Waals surface area contributed by atoms with Gasteiger partial charge in [-0.2, -0.15) is 0 Å². The van der Waals surface area contributed by atoms with Crippen LogP contribution in [0.2, 0.25) is 0 Å². The number of methoxy groups -OCH3 is 1. The molecule has 0 bridgehead atoms. The highest BCUT2D eigenvalue weighted by molar-refractivity contribution is 5.78. The molecular formula is C16H24N4O3. The van der Waals surface area contributed by atoms with Crippen molar-refractivity contribution in [1.82, 2.24) is 15.3 Å². The van der Waals surface area contributed by atoms with Gasteiger partial charge in [-0.15, -0.1) is 0 Å². The molecule has 126 valence electrons. The Morgan fingerprint density at radius 1 is 1.35 bits per heavy atom. The Morgan fingerprint density at radius 2 is 2.13 bits per heavy atom. The quantitative estimate of drug-likeness (QED) is 0.867. The molecule has 2 aliphatic rings. The molecule has 1 aromatic heterocycles. The maximum Gasteiger partial charge on any atom is 0.257 e. The van der Waals surface area contributed by atoms with Gasteiger partial charge in [-0.05, 0) is 25.2 Å². The van der Waals surface area contributed by atoms with Crippen molar-refractivity contribution in [2.75, 3.05) is 44.9 Å². The highest BCUT2D eigenvalue weighted by atomic mass is 16.5. The van der Waals surface area contributed by atoms with E-state index < -0.39 is 0 Å². The smallest absolute Gasteiger partial charge is 0.257 e. The number of amides is 1. The number of hydrogen-bond acceptors (Lipinski definition) is 6. The van der Waals surface area contributed by atoms with Crippen LogP contribution in [0.25, 0.3) is 0 Å². The molecule has 0 spiro atoms. The number of rotatable bonds is 5. The second-order valence-corrected chi connectivity index (χ2v) is 6.13. The van der Waals surface area contributed by atoms with Gasteiger partial charge in [0.05, 0.1) is 19.6 Å². The molecule has 0 saturated carbocycles. The highest BCUT2D eigenvalue weighted by Crippen LogP contribution is 2.27. The molecule has 7 heteroatoms. The van der Waals surface area contributed by atoms with Crippen LogP contribution < -0.4 is 15.0 Å². The van der Waals surface area contributed by atoms with Crippen LogP contribution >= 0.6 is 0 Å². The Bertz CT molecular complexity index is 526. The van der Waals surface area contributed by atoms with Crippen LogP contribution in [-0.4, -0.2) is 55.8 Å². The van der Waals surface area contributed by atoms with Crippen LogP contribution in [0, 0.1) is 11.8 Å². The average molecular weight is 320 g/mol. The Kier molecular flexibility index (Phi) is 5.27. The topological polar surface area (TPSA) is 76.6 Å². The number of aromatic nitrogens is 2. The summed E-state index contributed by atoms with van der Waals surface area (Å²) in [6.07, 6.45) is 6.23. The molecule has 1 atom stereocenters. The van der Waals surface area contributed by atoms with E-state index in [0.717, 1.165) is 44.7 Å². The Balaban J connectivity index is 1.46. The third-order valence-corrected chi connectivity index (χ3v) is 4.62. The van der Waals surface area contributed by atoms with Gasteiger partial charge in [-0.1, -0.05) is 0 Å². The maximum atomic E-state index is 12.0. The number of anilines is 1. The van der Waals surface area contributed by atoms with Crippen molar-refractivity contribution in [3.63, 3.8) is 0 Å². The van der Waals surface area contributed by atoms with Crippen molar-refractivity contribution < 1.29 is 14.3 Å². The zero-order valence-electron chi connectivity index (χ0n) is 13.5. The molecule has 3 heterocycles. The van der Waals surface area contributed by atoms with Gasteiger partial charge in [0.1, 0.15) is 0 Å². The highest BCUT2D eigenvalue weighted by Gasteiger charge is 2.26. The van der Waals surface area contributed by atoms with Crippen molar-refractivity contribution >= 4 is 11.7 Å². The van der Waals surface area contributed by atoms with Crippen molar-refractivity contribution in [1.29, 1.82) is 0 Å². The summed E-state index contributed by atoms with van der Waals surface area (Å²) < 4.78 is 10.5. The molecule has 1 unspecified atom stereocenters. The number of piperidine rings is 1. The minimum absolute atomic E-state index is 0.0407. The molecule has 2 saturated heterocycles. The summed E-state index contributed by atoms with van der Waals surface area (Å²) in [4.78, 5) is 22.8. The van der Waals surface area contributed by atoms with Crippen LogP contribution in [0.5, 0.6) is 5.88 Å². The normalized spacial score (nSPS) is 22.1. The van der Waals surface area contributed by atoms with E-state index in [9.17, 15) is 4.79 Å². The van der Waals surface area contributed by atoms with Gasteiger partial charge in [0.15, 0.2) is 5.82 Å². The lowest BCUT2D eigenvalue weighted by Gasteiger charge is -2.33. The van der Waals surface area contributed by atoms with Gasteiger partial charge in [-0.3, -0.25) is 4.79 Å². The van der Waals surface area contributed by atoms with Crippen LogP contribution in [0.3, 0.4) is 0 Å². The fraction of sp³-hybridized carbons (Fsp3) is 0.688. The third kappa shape index (κ3) is 3.90. The lowest BCUT2D eigenvalue weighted by atomic mass is 9.96. The minimum Gasteiger partial charge on any atom is -0.478 e. The average Bonchev–Trinajstić information content (AvgIpc) is 3.15. The van der Waals surface area contributed by atoms with Crippen LogP contribution in [0.4, 0.5) is 5.82 Å². The van der Waals surface area contributed by atoms with Gasteiger partial charge < -0.3 is 19.7 Å². The molecule has 0 aromatic carbocycles. The first kappa shape index (κ1) is 16.0. The van der Waals surface area contributed by atoms with E-state index in [4.69, 9.17) is 9.47 Å². The van der Waals surface area contributed by atoms with E-state index in [1.165, 1.54) is 0 Å². The maximum absolute atomic E-state index is 12.0. The molecule has 0 radical (unpaired) electrons. The van der Waals surface area contributed by atoms with Gasteiger partial charge in [0, 0.05) is 38.6 Å². The SMILES string of the molecule is COc1nccnc1N1CCC(CNC(=O)C2CCOC2)CC1. The number of carbonyl (C=O) groups excluding carboxylic acids is 1. The Hall–Kier alpha value is -1.89. The molecule has 1 N–H and O–H groups in total. The van der Waals surface area contributed by atoms with Crippen molar-refractivity contribution in [2.24, 2.45) is 11.8 Å². The molecule has 2 aliphatic heterocycles. The number of ether oxygens (including phenoxy) is 2. The molecule has 1 amide bonds. The van der Waals surface area contributed by atoms with Gasteiger partial charge in [0.25, 0.3) is 5.88 Å². The lowest BCUT2D eigenvalue weighted by molar-refractivity contribution is -0.125. The molecule has 23 heavy (non-hydrogen) atoms. The lowest BCUT2D eigenvalue weighted by Crippen LogP contribution is -2.40. The largest absolute Gasteiger partial charge is 0.478 e. The van der Waals surface area contributed by atoms with Crippen LogP contribution in [0.15, 0.2) is 12.4 Å². The summed E-state index contributed by atoms with van der Waals surface area (Å²) in [5, 5.41) is 3.08. The van der Waals surface area contributed by atoms with Crippen molar-refractivity contribution in [3.8, 4) is 5.88 Å². The van der Waals surface area contributed by atoms with Gasteiger partial charge in [-0.25, -0.2) is 9.97 Å². The summed E-state index contributed by atoms with van der Waals surface area (Å²) in [5.74, 6) is 2.07. The number of carbonyl (C=O) groups is 1. The second-order valence-electron chi connectivity index (χ2n) is 6.13. The van der Waals surface area contributed by atoms with E-state index in [1.807, 2.05) is 0 Å². The first-order valence-electron chi connectivity index (χ1n) is 8.23. The standard InChI is InChI=1S/C16H24N4O3/c1-22-16-14(17-5-6-18-16)20-7-2-12(3-8-20)10-19-15(21)13-4-9-23-11-13/h5-6,12-13H,2-4,7-11H2,1H3,(H,19,21). The number of nitrogens with zero attached hydrogens (tertiary/aromatic N) is 3. The number of hydrogen-bond donors (Lipinski definition) is 1. The Labute approximate surface area is 136 Å². The predicted octanol–water partition coefficient (Wildman–Crippen LogP) is 0.854. The summed E-state index contributed by atoms with van der Waals surface area (Å²) in [5.41, 5.74) is 0. The fourth-order valence-corrected chi connectivity index (χ4v) is 3.16. The fourth-order valence-electron chi connectivity index (χ4n) is 3.16. The second kappa shape index (κ2) is 7.59. The minimum atomic E-state index is 0.0407. The molecule has 7 nitrogen and oxygen atoms in total. The summed E-state index contributed by atoms with van der Waals surface area (Å²) in [6.45, 7) is 3.83. The van der Waals surface area contributed by atoms with E-state index in [1.54, 1.807) is 19.5 Å². The van der Waals surface area contributed by atoms with E-state index in [-0.39, 0.29) is 11.8 Å². The summed E-state index contributed by atoms with van der Waals surface area (Å²) in [6, 6.07) is 0. The van der Waals surface area contributed by atoms with Gasteiger partial charge >= 0.3 is 0 Å². The zero-order chi connectivity index (χ0) is 16.1. The van der Waals surface area contributed by atoms with E-state index in [0.29, 0.717) is 25.0 Å². The Morgan fingerprint density at radius 3 is 2.83 bits per heavy atom. The molecular weight excluding hydrogens is 296 g/mol. The van der Waals surface area contributed by atoms with Crippen molar-refractivity contribution in [3.05, 3.63) is 12.4 Å². The zero-order valence-corrected chi connectivity index (χ0v) is 13.5. The molecule has 2 fully saturated rings. The first-order valence-corrected chi connectivity index (χ1v) is 8.23. The predicted molar refractivity (Wildman–Crippen MR) is 85.5 cm³/mol. The molecule has 0 aliphatic carbocycles. The van der Waals surface area contributed by atoms with Gasteiger partial charge in [0.2, 0.25) is 5.91 Å². The number of nitrogens with one attached hydrogen (secondary N) is 1. The first-order chi connectivity index (χ1) is 11.3. The monoisotopic (exact) mass is 320 g/mol. The summed E-state index contributed by atoms with van der Waals surface area (Å²) >= 11 is 0. The van der Waals surface area contributed by atoms with Crippen molar-refractivity contribution in [2.45, 2.75) is 19.3 Å². The van der Waals surface area contributed by atoms with Crippen LogP contribution in [0.1, 0.15) is 19.3 Å². The third-order valence-electron chi connectivity index (χ3n) is 4.62.